The zero-order chi connectivity index (χ0) is 29.6. The van der Waals surface area contributed by atoms with E-state index in [4.69, 9.17) is 19.0 Å². The number of rotatable bonds is 3. The van der Waals surface area contributed by atoms with E-state index < -0.39 is 5.60 Å². The molecular weight excluding hydrogens is 525 g/mol. The van der Waals surface area contributed by atoms with Crippen LogP contribution < -0.4 is 5.46 Å². The number of aryl methyl sites for hydroxylation is 2. The molecule has 7 nitrogen and oxygen atoms in total. The zero-order valence-corrected chi connectivity index (χ0v) is 25.9. The molecule has 2 aromatic carbocycles. The molecule has 2 aliphatic heterocycles. The molecule has 0 spiro atoms. The number of aromatic nitrogens is 2. The van der Waals surface area contributed by atoms with Crippen LogP contribution >= 0.6 is 0 Å². The Bertz CT molecular complexity index is 1540. The third-order valence-corrected chi connectivity index (χ3v) is 10.1. The second kappa shape index (κ2) is 9.45. The van der Waals surface area contributed by atoms with Crippen LogP contribution in [0.1, 0.15) is 90.7 Å². The number of nitrogens with zero attached hydrogens (tertiary/aromatic N) is 2. The van der Waals surface area contributed by atoms with Crippen molar-refractivity contribution >= 4 is 18.7 Å². The van der Waals surface area contributed by atoms with E-state index in [1.54, 1.807) is 0 Å². The zero-order valence-electron chi connectivity index (χ0n) is 25.9. The summed E-state index contributed by atoms with van der Waals surface area (Å²) in [4.78, 5) is 23.5. The molecule has 1 saturated carbocycles. The standard InChI is InChI=1S/C34H42BN3O4/c1-32(2,3)40-31(39)38-25-13-10-23(18-25)29(38)30-36-19-28(37-30)22-11-14-26-20(16-22)8-9-21-17-24(12-15-27(21)26)35-41-33(4,5)34(6,7)42-35/h11-12,14-17,19,23,25,29H,8-10,13,18H2,1-7H3,(H,36,37). The molecule has 4 aliphatic rings. The van der Waals surface area contributed by atoms with Gasteiger partial charge in [0.25, 0.3) is 0 Å². The van der Waals surface area contributed by atoms with Crippen LogP contribution in [-0.2, 0) is 26.9 Å². The molecule has 1 N–H and O–H groups in total. The first-order valence-corrected chi connectivity index (χ1v) is 15.5. The number of carbonyl (C=O) groups excluding carboxylic acids is 1. The normalized spacial score (nSPS) is 25.5. The smallest absolute Gasteiger partial charge is 0.444 e. The van der Waals surface area contributed by atoms with Crippen LogP contribution in [-0.4, -0.2) is 50.9 Å². The largest absolute Gasteiger partial charge is 0.494 e. The van der Waals surface area contributed by atoms with E-state index in [2.05, 4.69) is 69.1 Å². The lowest BCUT2D eigenvalue weighted by molar-refractivity contribution is 0.00578. The van der Waals surface area contributed by atoms with Crippen molar-refractivity contribution in [2.75, 3.05) is 0 Å². The van der Waals surface area contributed by atoms with Crippen LogP contribution in [0.3, 0.4) is 0 Å². The monoisotopic (exact) mass is 567 g/mol. The SMILES string of the molecule is CC(C)(C)OC(=O)N1C2CCC(C2)C1c1ncc(-c2ccc3c(c2)CCc2cc(B4OC(C)(C)C(C)(C)O4)ccc2-3)[nH]1. The highest BCUT2D eigenvalue weighted by atomic mass is 16.7. The van der Waals surface area contributed by atoms with E-state index in [9.17, 15) is 4.79 Å². The molecule has 3 fully saturated rings. The van der Waals surface area contributed by atoms with Crippen LogP contribution in [0.15, 0.2) is 42.6 Å². The lowest BCUT2D eigenvalue weighted by atomic mass is 9.75. The van der Waals surface area contributed by atoms with Crippen LogP contribution in [0.2, 0.25) is 0 Å². The summed E-state index contributed by atoms with van der Waals surface area (Å²) in [6.07, 6.45) is 6.83. The Morgan fingerprint density at radius 3 is 2.36 bits per heavy atom. The number of fused-ring (bicyclic) bond motifs is 5. The van der Waals surface area contributed by atoms with Crippen molar-refractivity contribution in [2.45, 2.75) is 109 Å². The molecular formula is C34H42BN3O4. The average Bonchev–Trinajstić information content (AvgIpc) is 3.70. The highest BCUT2D eigenvalue weighted by Gasteiger charge is 2.52. The summed E-state index contributed by atoms with van der Waals surface area (Å²) in [7, 11) is -0.347. The molecule has 220 valence electrons. The van der Waals surface area contributed by atoms with Gasteiger partial charge in [0.05, 0.1) is 29.1 Å². The number of nitrogens with one attached hydrogen (secondary N) is 1. The van der Waals surface area contributed by atoms with Gasteiger partial charge >= 0.3 is 13.2 Å². The van der Waals surface area contributed by atoms with Crippen LogP contribution in [0, 0.1) is 5.92 Å². The van der Waals surface area contributed by atoms with Gasteiger partial charge in [-0.15, -0.1) is 0 Å². The molecule has 1 amide bonds. The molecule has 3 unspecified atom stereocenters. The van der Waals surface area contributed by atoms with Gasteiger partial charge in [0.1, 0.15) is 11.4 Å². The topological polar surface area (TPSA) is 76.7 Å². The average molecular weight is 568 g/mol. The molecule has 3 atom stereocenters. The third-order valence-electron chi connectivity index (χ3n) is 10.1. The van der Waals surface area contributed by atoms with Gasteiger partial charge in [-0.3, -0.25) is 4.90 Å². The molecule has 42 heavy (non-hydrogen) atoms. The molecule has 2 saturated heterocycles. The maximum atomic E-state index is 13.2. The van der Waals surface area contributed by atoms with E-state index in [0.717, 1.165) is 54.6 Å². The van der Waals surface area contributed by atoms with E-state index in [1.807, 2.05) is 31.9 Å². The second-order valence-electron chi connectivity index (χ2n) is 14.6. The van der Waals surface area contributed by atoms with E-state index in [0.29, 0.717) is 5.92 Å². The van der Waals surface area contributed by atoms with Crippen LogP contribution in [0.25, 0.3) is 22.4 Å². The van der Waals surface area contributed by atoms with Gasteiger partial charge in [0.15, 0.2) is 0 Å². The van der Waals surface area contributed by atoms with Gasteiger partial charge in [-0.1, -0.05) is 30.3 Å². The van der Waals surface area contributed by atoms with Gasteiger partial charge in [-0.05, 0) is 126 Å². The Kier molecular flexibility index (Phi) is 6.24. The first kappa shape index (κ1) is 27.7. The lowest BCUT2D eigenvalue weighted by Gasteiger charge is -2.35. The predicted molar refractivity (Wildman–Crippen MR) is 165 cm³/mol. The highest BCUT2D eigenvalue weighted by molar-refractivity contribution is 6.62. The summed E-state index contributed by atoms with van der Waals surface area (Å²) >= 11 is 0. The second-order valence-corrected chi connectivity index (χ2v) is 14.6. The highest BCUT2D eigenvalue weighted by Crippen LogP contribution is 2.50. The van der Waals surface area contributed by atoms with Crippen molar-refractivity contribution in [3.8, 4) is 22.4 Å². The number of ether oxygens (including phenoxy) is 1. The van der Waals surface area contributed by atoms with E-state index in [-0.39, 0.29) is 36.5 Å². The number of carbonyl (C=O) groups is 1. The Balaban J connectivity index is 1.13. The quantitative estimate of drug-likeness (QED) is 0.361. The first-order chi connectivity index (χ1) is 19.8. The molecule has 7 rings (SSSR count). The van der Waals surface area contributed by atoms with Crippen molar-refractivity contribution in [3.63, 3.8) is 0 Å². The molecule has 0 radical (unpaired) electrons. The molecule has 3 heterocycles. The summed E-state index contributed by atoms with van der Waals surface area (Å²) in [5, 5.41) is 0. The minimum absolute atomic E-state index is 0.0602. The van der Waals surface area contributed by atoms with E-state index >= 15 is 0 Å². The van der Waals surface area contributed by atoms with E-state index in [1.165, 1.54) is 22.3 Å². The third kappa shape index (κ3) is 4.58. The van der Waals surface area contributed by atoms with Crippen LogP contribution in [0.4, 0.5) is 4.79 Å². The van der Waals surface area contributed by atoms with Crippen molar-refractivity contribution in [3.05, 3.63) is 59.5 Å². The van der Waals surface area contributed by atoms with Crippen molar-refractivity contribution in [2.24, 2.45) is 5.92 Å². The molecule has 1 aromatic heterocycles. The fourth-order valence-electron chi connectivity index (χ4n) is 7.26. The van der Waals surface area contributed by atoms with Gasteiger partial charge in [0, 0.05) is 6.04 Å². The fourth-order valence-corrected chi connectivity index (χ4v) is 7.26. The summed E-state index contributed by atoms with van der Waals surface area (Å²) in [5.41, 5.74) is 7.21. The molecule has 2 bridgehead atoms. The molecule has 8 heteroatoms. The number of amides is 1. The minimum Gasteiger partial charge on any atom is -0.444 e. The Hall–Kier alpha value is -3.10. The summed E-state index contributed by atoms with van der Waals surface area (Å²) in [6, 6.07) is 13.5. The Labute approximate surface area is 249 Å². The predicted octanol–water partition coefficient (Wildman–Crippen LogP) is 6.60. The summed E-state index contributed by atoms with van der Waals surface area (Å²) < 4.78 is 18.4. The number of imidazole rings is 1. The lowest BCUT2D eigenvalue weighted by Crippen LogP contribution is -2.43. The molecule has 2 aliphatic carbocycles. The number of hydrogen-bond acceptors (Lipinski definition) is 5. The number of aromatic amines is 1. The van der Waals surface area contributed by atoms with Gasteiger partial charge in [-0.25, -0.2) is 9.78 Å². The minimum atomic E-state index is -0.521. The number of hydrogen-bond donors (Lipinski definition) is 1. The van der Waals surface area contributed by atoms with Crippen LogP contribution in [0.5, 0.6) is 0 Å². The van der Waals surface area contributed by atoms with Crippen molar-refractivity contribution in [1.29, 1.82) is 0 Å². The fraction of sp³-hybridized carbons (Fsp3) is 0.529. The maximum Gasteiger partial charge on any atom is 0.494 e. The number of H-pyrrole nitrogens is 1. The first-order valence-electron chi connectivity index (χ1n) is 15.5. The Morgan fingerprint density at radius 1 is 1.00 bits per heavy atom. The number of likely N-dealkylation sites (tertiary alicyclic amines) is 1. The number of piperidine rings is 1. The summed E-state index contributed by atoms with van der Waals surface area (Å²) in [5.74, 6) is 1.28. The van der Waals surface area contributed by atoms with Gasteiger partial charge in [0.2, 0.25) is 0 Å². The molecule has 3 aromatic rings. The van der Waals surface area contributed by atoms with Crippen molar-refractivity contribution < 1.29 is 18.8 Å². The number of benzene rings is 2. The van der Waals surface area contributed by atoms with Gasteiger partial charge in [-0.2, -0.15) is 0 Å². The summed E-state index contributed by atoms with van der Waals surface area (Å²) in [6.45, 7) is 14.1. The Morgan fingerprint density at radius 2 is 1.67 bits per heavy atom. The maximum absolute atomic E-state index is 13.2. The van der Waals surface area contributed by atoms with Crippen molar-refractivity contribution in [1.82, 2.24) is 14.9 Å². The van der Waals surface area contributed by atoms with Gasteiger partial charge < -0.3 is 19.0 Å².